The van der Waals surface area contributed by atoms with Crippen LogP contribution < -0.4 is 10.2 Å². The third kappa shape index (κ3) is 3.57. The molecule has 1 fully saturated rings. The van der Waals surface area contributed by atoms with Crippen LogP contribution in [0.25, 0.3) is 21.2 Å². The summed E-state index contributed by atoms with van der Waals surface area (Å²) in [6.07, 6.45) is 2.42. The second kappa shape index (κ2) is 7.33. The summed E-state index contributed by atoms with van der Waals surface area (Å²) in [5.74, 6) is 1.74. The van der Waals surface area contributed by atoms with E-state index in [1.807, 2.05) is 29.5 Å². The van der Waals surface area contributed by atoms with E-state index >= 15 is 0 Å². The number of nitrogens with one attached hydrogen (secondary N) is 1. The van der Waals surface area contributed by atoms with E-state index in [-0.39, 0.29) is 0 Å². The minimum absolute atomic E-state index is 0.722. The van der Waals surface area contributed by atoms with Crippen molar-refractivity contribution in [1.82, 2.24) is 10.3 Å². The minimum Gasteiger partial charge on any atom is -0.460 e. The first-order valence-electron chi connectivity index (χ1n) is 9.64. The summed E-state index contributed by atoms with van der Waals surface area (Å²) in [6.45, 7) is 4.03. The number of hydrogen-bond donors (Lipinski definition) is 1. The number of benzene rings is 2. The van der Waals surface area contributed by atoms with Crippen molar-refractivity contribution in [2.75, 3.05) is 24.5 Å². The molecular weight excluding hydrogens is 354 g/mol. The van der Waals surface area contributed by atoms with Crippen LogP contribution in [0.2, 0.25) is 0 Å². The molecule has 0 aliphatic carbocycles. The molecule has 0 radical (unpaired) electrons. The fourth-order valence-electron chi connectivity index (χ4n) is 3.85. The highest BCUT2D eigenvalue weighted by atomic mass is 32.1. The molecule has 1 saturated heterocycles. The largest absolute Gasteiger partial charge is 0.460 e. The van der Waals surface area contributed by atoms with Crippen LogP contribution in [0, 0.1) is 5.92 Å². The summed E-state index contributed by atoms with van der Waals surface area (Å²) in [5.41, 5.74) is 2.09. The van der Waals surface area contributed by atoms with Crippen molar-refractivity contribution in [2.24, 2.45) is 5.92 Å². The maximum absolute atomic E-state index is 5.88. The molecule has 0 bridgehead atoms. The van der Waals surface area contributed by atoms with Crippen molar-refractivity contribution in [1.29, 1.82) is 0 Å². The molecule has 0 spiro atoms. The first kappa shape index (κ1) is 16.8. The number of piperidine rings is 1. The summed E-state index contributed by atoms with van der Waals surface area (Å²) < 4.78 is 7.16. The lowest BCUT2D eigenvalue weighted by Crippen LogP contribution is -2.37. The summed E-state index contributed by atoms with van der Waals surface area (Å²) in [5, 5.41) is 5.93. The van der Waals surface area contributed by atoms with E-state index < -0.39 is 0 Å². The molecule has 0 amide bonds. The van der Waals surface area contributed by atoms with Crippen LogP contribution >= 0.6 is 11.3 Å². The number of hydrogen-bond acceptors (Lipinski definition) is 5. The number of rotatable bonds is 5. The maximum Gasteiger partial charge on any atom is 0.186 e. The van der Waals surface area contributed by atoms with Gasteiger partial charge in [-0.1, -0.05) is 41.7 Å². The van der Waals surface area contributed by atoms with E-state index in [0.29, 0.717) is 0 Å². The molecule has 5 heteroatoms. The number of para-hydroxylation sites is 2. The molecule has 0 atom stereocenters. The van der Waals surface area contributed by atoms with E-state index in [0.717, 1.165) is 49.0 Å². The zero-order chi connectivity index (χ0) is 18.1. The third-order valence-corrected chi connectivity index (χ3v) is 6.47. The molecule has 2 aromatic heterocycles. The van der Waals surface area contributed by atoms with Gasteiger partial charge in [-0.2, -0.15) is 0 Å². The summed E-state index contributed by atoms with van der Waals surface area (Å²) >= 11 is 1.81. The van der Waals surface area contributed by atoms with Crippen LogP contribution in [0.5, 0.6) is 0 Å². The van der Waals surface area contributed by atoms with Gasteiger partial charge in [-0.25, -0.2) is 4.98 Å². The molecule has 1 N–H and O–H groups in total. The van der Waals surface area contributed by atoms with Crippen LogP contribution in [0.1, 0.15) is 18.6 Å². The Hall–Kier alpha value is -2.37. The zero-order valence-corrected chi connectivity index (χ0v) is 16.0. The van der Waals surface area contributed by atoms with Crippen molar-refractivity contribution >= 4 is 37.7 Å². The lowest BCUT2D eigenvalue weighted by molar-refractivity contribution is 0.375. The lowest BCUT2D eigenvalue weighted by atomic mass is 9.97. The Kier molecular flexibility index (Phi) is 4.56. The minimum atomic E-state index is 0.722. The molecule has 1 aliphatic heterocycles. The molecule has 1 aliphatic rings. The summed E-state index contributed by atoms with van der Waals surface area (Å²) in [7, 11) is 0. The molecule has 138 valence electrons. The monoisotopic (exact) mass is 377 g/mol. The number of aromatic nitrogens is 1. The van der Waals surface area contributed by atoms with Gasteiger partial charge in [0.15, 0.2) is 5.13 Å². The Labute approximate surface area is 162 Å². The van der Waals surface area contributed by atoms with Crippen LogP contribution in [-0.2, 0) is 6.54 Å². The Bertz CT molecular complexity index is 977. The van der Waals surface area contributed by atoms with E-state index in [2.05, 4.69) is 46.6 Å². The molecule has 5 rings (SSSR count). The smallest absolute Gasteiger partial charge is 0.186 e. The Balaban J connectivity index is 1.13. The van der Waals surface area contributed by atoms with Crippen LogP contribution in [-0.4, -0.2) is 24.6 Å². The SMILES string of the molecule is c1ccc2oc(CNCC3CCN(c4nc5ccccc5s4)CC3)cc2c1. The van der Waals surface area contributed by atoms with Crippen LogP contribution in [0.3, 0.4) is 0 Å². The summed E-state index contributed by atoms with van der Waals surface area (Å²) in [4.78, 5) is 7.25. The highest BCUT2D eigenvalue weighted by Crippen LogP contribution is 2.31. The van der Waals surface area contributed by atoms with Gasteiger partial charge in [-0.15, -0.1) is 0 Å². The van der Waals surface area contributed by atoms with Crippen molar-refractivity contribution in [3.8, 4) is 0 Å². The van der Waals surface area contributed by atoms with Gasteiger partial charge in [0.05, 0.1) is 16.8 Å². The lowest BCUT2D eigenvalue weighted by Gasteiger charge is -2.31. The van der Waals surface area contributed by atoms with Gasteiger partial charge in [-0.3, -0.25) is 0 Å². The number of anilines is 1. The van der Waals surface area contributed by atoms with Crippen molar-refractivity contribution in [3.05, 3.63) is 60.4 Å². The predicted molar refractivity (Wildman–Crippen MR) is 112 cm³/mol. The van der Waals surface area contributed by atoms with Gasteiger partial charge in [0, 0.05) is 18.5 Å². The van der Waals surface area contributed by atoms with Crippen molar-refractivity contribution in [2.45, 2.75) is 19.4 Å². The molecule has 0 unspecified atom stereocenters. The molecule has 4 nitrogen and oxygen atoms in total. The number of furan rings is 1. The van der Waals surface area contributed by atoms with Gasteiger partial charge in [0.1, 0.15) is 11.3 Å². The van der Waals surface area contributed by atoms with Gasteiger partial charge in [0.2, 0.25) is 0 Å². The second-order valence-corrected chi connectivity index (χ2v) is 8.29. The van der Waals surface area contributed by atoms with Gasteiger partial charge in [-0.05, 0) is 49.6 Å². The van der Waals surface area contributed by atoms with E-state index in [1.165, 1.54) is 28.1 Å². The molecular formula is C22H23N3OS. The van der Waals surface area contributed by atoms with Gasteiger partial charge >= 0.3 is 0 Å². The number of fused-ring (bicyclic) bond motifs is 2. The predicted octanol–water partition coefficient (Wildman–Crippen LogP) is 5.05. The third-order valence-electron chi connectivity index (χ3n) is 5.38. The fourth-order valence-corrected chi connectivity index (χ4v) is 4.86. The fraction of sp³-hybridized carbons (Fsp3) is 0.318. The average Bonchev–Trinajstić information content (AvgIpc) is 3.32. The van der Waals surface area contributed by atoms with Crippen LogP contribution in [0.4, 0.5) is 5.13 Å². The maximum atomic E-state index is 5.88. The van der Waals surface area contributed by atoms with Crippen molar-refractivity contribution < 1.29 is 4.42 Å². The molecule has 4 aromatic rings. The topological polar surface area (TPSA) is 41.3 Å². The molecule has 2 aromatic carbocycles. The molecule has 0 saturated carbocycles. The Morgan fingerprint density at radius 2 is 1.89 bits per heavy atom. The quantitative estimate of drug-likeness (QED) is 0.528. The summed E-state index contributed by atoms with van der Waals surface area (Å²) in [6, 6.07) is 18.7. The first-order valence-corrected chi connectivity index (χ1v) is 10.5. The Morgan fingerprint density at radius 1 is 1.07 bits per heavy atom. The highest BCUT2D eigenvalue weighted by Gasteiger charge is 2.21. The highest BCUT2D eigenvalue weighted by molar-refractivity contribution is 7.22. The number of thiazole rings is 1. The molecule has 27 heavy (non-hydrogen) atoms. The Morgan fingerprint density at radius 3 is 2.74 bits per heavy atom. The normalized spacial score (nSPS) is 15.8. The van der Waals surface area contributed by atoms with Crippen LogP contribution in [0.15, 0.2) is 59.0 Å². The second-order valence-electron chi connectivity index (χ2n) is 7.28. The standard InChI is InChI=1S/C22H23N3OS/c1-3-7-20-17(5-1)13-18(26-20)15-23-14-16-9-11-25(12-10-16)22-24-19-6-2-4-8-21(19)27-22/h1-8,13,16,23H,9-12,14-15H2. The first-order chi connectivity index (χ1) is 13.3. The van der Waals surface area contributed by atoms with E-state index in [4.69, 9.17) is 9.40 Å². The zero-order valence-electron chi connectivity index (χ0n) is 15.2. The van der Waals surface area contributed by atoms with Gasteiger partial charge in [0.25, 0.3) is 0 Å². The molecule has 3 heterocycles. The average molecular weight is 378 g/mol. The van der Waals surface area contributed by atoms with Gasteiger partial charge < -0.3 is 14.6 Å². The van der Waals surface area contributed by atoms with E-state index in [1.54, 1.807) is 0 Å². The number of nitrogens with zero attached hydrogens (tertiary/aromatic N) is 2. The van der Waals surface area contributed by atoms with E-state index in [9.17, 15) is 0 Å². The van der Waals surface area contributed by atoms with Crippen molar-refractivity contribution in [3.63, 3.8) is 0 Å².